The van der Waals surface area contributed by atoms with Gasteiger partial charge in [0.15, 0.2) is 0 Å². The molecule has 0 aromatic heterocycles. The Morgan fingerprint density at radius 2 is 1.47 bits per heavy atom. The maximum atomic E-state index is 6.04. The van der Waals surface area contributed by atoms with Crippen molar-refractivity contribution in [2.45, 2.75) is 71.5 Å². The number of nitrogens with one attached hydrogen (secondary N) is 1. The van der Waals surface area contributed by atoms with Crippen molar-refractivity contribution in [3.8, 4) is 17.2 Å². The van der Waals surface area contributed by atoms with Crippen molar-refractivity contribution in [3.05, 3.63) is 82.9 Å². The first-order chi connectivity index (χ1) is 18.4. The van der Waals surface area contributed by atoms with Crippen LogP contribution in [0.3, 0.4) is 0 Å². The van der Waals surface area contributed by atoms with Gasteiger partial charge in [-0.05, 0) is 105 Å². The third-order valence-electron chi connectivity index (χ3n) is 7.69. The Kier molecular flexibility index (Phi) is 9.57. The van der Waals surface area contributed by atoms with Crippen LogP contribution in [0.4, 0.5) is 5.69 Å². The van der Waals surface area contributed by atoms with Gasteiger partial charge >= 0.3 is 0 Å². The minimum absolute atomic E-state index is 0.469. The van der Waals surface area contributed by atoms with E-state index < -0.39 is 0 Å². The molecule has 1 atom stereocenters. The van der Waals surface area contributed by atoms with E-state index in [-0.39, 0.29) is 0 Å². The lowest BCUT2D eigenvalue weighted by Gasteiger charge is -2.30. The van der Waals surface area contributed by atoms with Crippen molar-refractivity contribution in [1.29, 1.82) is 0 Å². The first-order valence-corrected chi connectivity index (χ1v) is 13.9. The van der Waals surface area contributed by atoms with E-state index in [4.69, 9.17) is 14.2 Å². The quantitative estimate of drug-likeness (QED) is 0.278. The number of benzene rings is 3. The Labute approximate surface area is 229 Å². The second-order valence-corrected chi connectivity index (χ2v) is 10.8. The molecule has 0 fully saturated rings. The van der Waals surface area contributed by atoms with Crippen molar-refractivity contribution in [2.24, 2.45) is 0 Å². The molecular weight excluding hydrogens is 472 g/mol. The smallest absolute Gasteiger partial charge is 0.120 e. The SMILES string of the molecule is COc1ccc2c(c1)CCC(c1ccc(OC)cc1NCc1ccc(OCCN(C(C)C)C(C)C)cc1)C2. The molecule has 3 aromatic rings. The first kappa shape index (κ1) is 27.8. The van der Waals surface area contributed by atoms with Crippen LogP contribution in [0.2, 0.25) is 0 Å². The highest BCUT2D eigenvalue weighted by molar-refractivity contribution is 5.58. The molecule has 0 saturated carbocycles. The number of rotatable bonds is 12. The lowest BCUT2D eigenvalue weighted by molar-refractivity contribution is 0.142. The molecule has 5 heteroatoms. The summed E-state index contributed by atoms with van der Waals surface area (Å²) in [5.74, 6) is 3.20. The van der Waals surface area contributed by atoms with Crippen LogP contribution in [0.25, 0.3) is 0 Å². The molecule has 0 bridgehead atoms. The van der Waals surface area contributed by atoms with E-state index in [2.05, 4.69) is 98.6 Å². The van der Waals surface area contributed by atoms with E-state index in [0.717, 1.165) is 55.3 Å². The molecule has 1 aliphatic rings. The van der Waals surface area contributed by atoms with Crippen LogP contribution in [0.15, 0.2) is 60.7 Å². The number of methoxy groups -OCH3 is 2. The predicted molar refractivity (Wildman–Crippen MR) is 157 cm³/mol. The molecule has 1 N–H and O–H groups in total. The van der Waals surface area contributed by atoms with E-state index >= 15 is 0 Å². The predicted octanol–water partition coefficient (Wildman–Crippen LogP) is 7.09. The van der Waals surface area contributed by atoms with Crippen molar-refractivity contribution in [2.75, 3.05) is 32.7 Å². The molecule has 0 heterocycles. The molecule has 0 saturated heterocycles. The van der Waals surface area contributed by atoms with Gasteiger partial charge in [-0.2, -0.15) is 0 Å². The van der Waals surface area contributed by atoms with Gasteiger partial charge in [0.05, 0.1) is 14.2 Å². The van der Waals surface area contributed by atoms with Crippen LogP contribution >= 0.6 is 0 Å². The van der Waals surface area contributed by atoms with Gasteiger partial charge < -0.3 is 19.5 Å². The number of anilines is 1. The van der Waals surface area contributed by atoms with Gasteiger partial charge in [-0.15, -0.1) is 0 Å². The maximum Gasteiger partial charge on any atom is 0.120 e. The summed E-state index contributed by atoms with van der Waals surface area (Å²) in [6, 6.07) is 22.4. The fourth-order valence-electron chi connectivity index (χ4n) is 5.58. The van der Waals surface area contributed by atoms with Crippen LogP contribution in [0.1, 0.15) is 62.3 Å². The Morgan fingerprint density at radius 1 is 0.816 bits per heavy atom. The maximum absolute atomic E-state index is 6.04. The topological polar surface area (TPSA) is 43.0 Å². The molecule has 38 heavy (non-hydrogen) atoms. The van der Waals surface area contributed by atoms with Gasteiger partial charge in [0, 0.05) is 36.9 Å². The van der Waals surface area contributed by atoms with E-state index in [1.807, 2.05) is 0 Å². The molecular formula is C33H44N2O3. The monoisotopic (exact) mass is 516 g/mol. The largest absolute Gasteiger partial charge is 0.497 e. The number of fused-ring (bicyclic) bond motifs is 1. The van der Waals surface area contributed by atoms with E-state index in [0.29, 0.717) is 24.6 Å². The van der Waals surface area contributed by atoms with Gasteiger partial charge in [0.1, 0.15) is 23.9 Å². The van der Waals surface area contributed by atoms with Crippen LogP contribution in [0.5, 0.6) is 17.2 Å². The molecule has 204 valence electrons. The first-order valence-electron chi connectivity index (χ1n) is 13.9. The van der Waals surface area contributed by atoms with Crippen molar-refractivity contribution >= 4 is 5.69 Å². The summed E-state index contributed by atoms with van der Waals surface area (Å²) in [6.45, 7) is 11.3. The van der Waals surface area contributed by atoms with Crippen molar-refractivity contribution in [3.63, 3.8) is 0 Å². The van der Waals surface area contributed by atoms with Gasteiger partial charge in [-0.1, -0.05) is 24.3 Å². The summed E-state index contributed by atoms with van der Waals surface area (Å²) in [7, 11) is 3.46. The summed E-state index contributed by atoms with van der Waals surface area (Å²) in [6.07, 6.45) is 3.23. The van der Waals surface area contributed by atoms with Crippen LogP contribution < -0.4 is 19.5 Å². The number of ether oxygens (including phenoxy) is 3. The summed E-state index contributed by atoms with van der Waals surface area (Å²) < 4.78 is 17.0. The third-order valence-corrected chi connectivity index (χ3v) is 7.69. The molecule has 0 radical (unpaired) electrons. The van der Waals surface area contributed by atoms with E-state index in [1.165, 1.54) is 22.3 Å². The van der Waals surface area contributed by atoms with Crippen LogP contribution in [-0.2, 0) is 19.4 Å². The second kappa shape index (κ2) is 13.1. The Hall–Kier alpha value is -3.18. The highest BCUT2D eigenvalue weighted by Gasteiger charge is 2.23. The van der Waals surface area contributed by atoms with Gasteiger partial charge in [-0.25, -0.2) is 0 Å². The summed E-state index contributed by atoms with van der Waals surface area (Å²) >= 11 is 0. The van der Waals surface area contributed by atoms with Gasteiger partial charge in [0.25, 0.3) is 0 Å². The zero-order chi connectivity index (χ0) is 27.1. The zero-order valence-corrected chi connectivity index (χ0v) is 23.9. The number of nitrogens with zero attached hydrogens (tertiary/aromatic N) is 1. The Bertz CT molecular complexity index is 1170. The van der Waals surface area contributed by atoms with Gasteiger partial charge in [0.2, 0.25) is 0 Å². The fraction of sp³-hybridized carbons (Fsp3) is 0.455. The molecule has 0 spiro atoms. The summed E-state index contributed by atoms with van der Waals surface area (Å²) in [4.78, 5) is 2.45. The average Bonchev–Trinajstić information content (AvgIpc) is 2.93. The Morgan fingerprint density at radius 3 is 2.16 bits per heavy atom. The Balaban J connectivity index is 1.39. The molecule has 3 aromatic carbocycles. The van der Waals surface area contributed by atoms with Gasteiger partial charge in [-0.3, -0.25) is 4.90 Å². The third kappa shape index (κ3) is 7.02. The number of hydrogen-bond donors (Lipinski definition) is 1. The van der Waals surface area contributed by atoms with E-state index in [9.17, 15) is 0 Å². The minimum atomic E-state index is 0.469. The summed E-state index contributed by atoms with van der Waals surface area (Å²) in [5.41, 5.74) is 6.55. The van der Waals surface area contributed by atoms with Crippen LogP contribution in [-0.4, -0.2) is 44.4 Å². The fourth-order valence-corrected chi connectivity index (χ4v) is 5.58. The van der Waals surface area contributed by atoms with Crippen molar-refractivity contribution < 1.29 is 14.2 Å². The molecule has 0 aliphatic heterocycles. The molecule has 1 aliphatic carbocycles. The summed E-state index contributed by atoms with van der Waals surface area (Å²) in [5, 5.41) is 3.70. The standard InChI is InChI=1S/C33H44N2O3/c1-23(2)35(24(3)4)17-18-38-29-12-7-25(8-13-29)22-34-33-21-31(37-6)15-16-32(33)28-10-9-27-20-30(36-5)14-11-26(27)19-28/h7-8,11-16,20-21,23-24,28,34H,9-10,17-19,22H2,1-6H3. The average molecular weight is 517 g/mol. The lowest BCUT2D eigenvalue weighted by atomic mass is 9.79. The zero-order valence-electron chi connectivity index (χ0n) is 23.9. The molecule has 5 nitrogen and oxygen atoms in total. The normalized spacial score (nSPS) is 15.0. The van der Waals surface area contributed by atoms with Crippen molar-refractivity contribution in [1.82, 2.24) is 4.90 Å². The molecule has 4 rings (SSSR count). The number of hydrogen-bond acceptors (Lipinski definition) is 5. The molecule has 0 amide bonds. The van der Waals surface area contributed by atoms with Crippen LogP contribution in [0, 0.1) is 0 Å². The highest BCUT2D eigenvalue weighted by Crippen LogP contribution is 2.38. The molecule has 1 unspecified atom stereocenters. The van der Waals surface area contributed by atoms with E-state index in [1.54, 1.807) is 14.2 Å². The second-order valence-electron chi connectivity index (χ2n) is 10.8. The number of aryl methyl sites for hydroxylation is 1. The highest BCUT2D eigenvalue weighted by atomic mass is 16.5. The minimum Gasteiger partial charge on any atom is -0.497 e. The lowest BCUT2D eigenvalue weighted by Crippen LogP contribution is -2.39.